The molecule has 0 aliphatic carbocycles. The molecule has 0 radical (unpaired) electrons. The monoisotopic (exact) mass is 620 g/mol. The molecule has 1 saturated heterocycles. The number of alkyl halides is 2. The van der Waals surface area contributed by atoms with E-state index < -0.39 is 64.2 Å². The zero-order chi connectivity index (χ0) is 31.6. The van der Waals surface area contributed by atoms with E-state index in [1.54, 1.807) is 24.3 Å². The Morgan fingerprint density at radius 1 is 0.727 bits per heavy atom. The third-order valence-electron chi connectivity index (χ3n) is 7.08. The summed E-state index contributed by atoms with van der Waals surface area (Å²) in [6.07, 6.45) is -1.66. The largest absolute Gasteiger partial charge is 0.432 e. The molecule has 3 nitrogen and oxygen atoms in total. The highest BCUT2D eigenvalue weighted by Gasteiger charge is 2.41. The molecule has 1 aliphatic rings. The Labute approximate surface area is 247 Å². The Hall–Kier alpha value is -4.22. The van der Waals surface area contributed by atoms with Gasteiger partial charge in [-0.2, -0.15) is 8.78 Å². The first-order valence-electron chi connectivity index (χ1n) is 13.4. The standard InChI is InChI=1S/C33H24F8O3/c1-2-3-4-18-16-42-32(43-17-18)20-7-5-19(6-8-20)21-9-10-24(25(34)11-21)22-12-26(35)30(27(36)13-22)33(40,41)44-23-14-28(37)31(39)29(38)15-23/h2,5-15,18,32H,1,3-4,16-17H2. The van der Waals surface area contributed by atoms with Crippen LogP contribution in [0.4, 0.5) is 35.1 Å². The van der Waals surface area contributed by atoms with Crippen LogP contribution in [0.3, 0.4) is 0 Å². The topological polar surface area (TPSA) is 27.7 Å². The average Bonchev–Trinajstić information content (AvgIpc) is 2.98. The Kier molecular flexibility index (Phi) is 9.07. The first-order valence-corrected chi connectivity index (χ1v) is 13.4. The SMILES string of the molecule is C=CCCC1COC(c2ccc(-c3ccc(-c4cc(F)c(C(F)(F)Oc5cc(F)c(F)c(F)c5)c(F)c4)c(F)c3)cc2)OC1. The lowest BCUT2D eigenvalue weighted by Crippen LogP contribution is -2.26. The lowest BCUT2D eigenvalue weighted by molar-refractivity contribution is -0.205. The fourth-order valence-electron chi connectivity index (χ4n) is 4.81. The highest BCUT2D eigenvalue weighted by atomic mass is 19.3. The molecule has 0 aromatic heterocycles. The van der Waals surface area contributed by atoms with Gasteiger partial charge in [0.2, 0.25) is 0 Å². The highest BCUT2D eigenvalue weighted by molar-refractivity contribution is 5.71. The van der Waals surface area contributed by atoms with Crippen LogP contribution in [0.2, 0.25) is 0 Å². The molecule has 1 heterocycles. The second kappa shape index (κ2) is 12.8. The molecule has 1 fully saturated rings. The van der Waals surface area contributed by atoms with Crippen LogP contribution in [0.25, 0.3) is 22.3 Å². The van der Waals surface area contributed by atoms with E-state index in [0.29, 0.717) is 36.5 Å². The molecule has 11 heteroatoms. The van der Waals surface area contributed by atoms with Crippen molar-refractivity contribution in [2.24, 2.45) is 5.92 Å². The van der Waals surface area contributed by atoms with Crippen LogP contribution < -0.4 is 4.74 Å². The molecule has 4 aromatic rings. The predicted molar refractivity (Wildman–Crippen MR) is 146 cm³/mol. The number of ether oxygens (including phenoxy) is 3. The smallest absolute Gasteiger partial charge is 0.429 e. The van der Waals surface area contributed by atoms with Crippen LogP contribution >= 0.6 is 0 Å². The van der Waals surface area contributed by atoms with E-state index in [1.807, 2.05) is 6.08 Å². The molecule has 230 valence electrons. The number of hydrogen-bond acceptors (Lipinski definition) is 3. The van der Waals surface area contributed by atoms with Crippen LogP contribution in [0, 0.1) is 40.8 Å². The van der Waals surface area contributed by atoms with Crippen LogP contribution in [0.1, 0.15) is 30.3 Å². The fourth-order valence-corrected chi connectivity index (χ4v) is 4.81. The molecule has 0 saturated carbocycles. The number of rotatable bonds is 9. The summed E-state index contributed by atoms with van der Waals surface area (Å²) in [6, 6.07) is 12.0. The summed E-state index contributed by atoms with van der Waals surface area (Å²) in [6.45, 7) is 4.81. The van der Waals surface area contributed by atoms with Crippen LogP contribution in [-0.4, -0.2) is 13.2 Å². The molecule has 1 aliphatic heterocycles. The normalized spacial score (nSPS) is 17.0. The van der Waals surface area contributed by atoms with Crippen molar-refractivity contribution in [1.29, 1.82) is 0 Å². The maximum atomic E-state index is 15.1. The van der Waals surface area contributed by atoms with Gasteiger partial charge in [-0.15, -0.1) is 6.58 Å². The molecule has 0 unspecified atom stereocenters. The lowest BCUT2D eigenvalue weighted by Gasteiger charge is -2.29. The third kappa shape index (κ3) is 6.63. The number of allylic oxidation sites excluding steroid dienone is 1. The maximum Gasteiger partial charge on any atom is 0.432 e. The van der Waals surface area contributed by atoms with Crippen molar-refractivity contribution in [3.63, 3.8) is 0 Å². The summed E-state index contributed by atoms with van der Waals surface area (Å²) in [5.41, 5.74) is -0.732. The Morgan fingerprint density at radius 2 is 1.30 bits per heavy atom. The van der Waals surface area contributed by atoms with Gasteiger partial charge in [0.05, 0.1) is 13.2 Å². The molecular weight excluding hydrogens is 596 g/mol. The number of halogens is 8. The van der Waals surface area contributed by atoms with Crippen molar-refractivity contribution in [3.05, 3.63) is 125 Å². The second-order valence-electron chi connectivity index (χ2n) is 10.2. The van der Waals surface area contributed by atoms with Gasteiger partial charge < -0.3 is 14.2 Å². The van der Waals surface area contributed by atoms with Gasteiger partial charge >= 0.3 is 6.11 Å². The van der Waals surface area contributed by atoms with Gasteiger partial charge in [-0.3, -0.25) is 0 Å². The Morgan fingerprint density at radius 3 is 1.86 bits per heavy atom. The van der Waals surface area contributed by atoms with Gasteiger partial charge in [0.15, 0.2) is 23.7 Å². The molecule has 0 spiro atoms. The first kappa shape index (κ1) is 31.2. The summed E-state index contributed by atoms with van der Waals surface area (Å²) in [4.78, 5) is 0. The van der Waals surface area contributed by atoms with Gasteiger partial charge in [-0.05, 0) is 47.7 Å². The van der Waals surface area contributed by atoms with E-state index in [-0.39, 0.29) is 23.6 Å². The quantitative estimate of drug-likeness (QED) is 0.106. The van der Waals surface area contributed by atoms with Crippen LogP contribution in [-0.2, 0) is 15.6 Å². The van der Waals surface area contributed by atoms with Gasteiger partial charge in [0.1, 0.15) is 28.8 Å². The van der Waals surface area contributed by atoms with Crippen molar-refractivity contribution in [2.45, 2.75) is 25.2 Å². The van der Waals surface area contributed by atoms with Crippen LogP contribution in [0.15, 0.2) is 79.4 Å². The predicted octanol–water partition coefficient (Wildman–Crippen LogP) is 9.61. The average molecular weight is 621 g/mol. The third-order valence-corrected chi connectivity index (χ3v) is 7.08. The summed E-state index contributed by atoms with van der Waals surface area (Å²) in [7, 11) is 0. The summed E-state index contributed by atoms with van der Waals surface area (Å²) in [5, 5.41) is 0. The van der Waals surface area contributed by atoms with Gasteiger partial charge in [-0.1, -0.05) is 42.5 Å². The second-order valence-corrected chi connectivity index (χ2v) is 10.2. The minimum atomic E-state index is -4.76. The summed E-state index contributed by atoms with van der Waals surface area (Å²) in [5.74, 6) is -11.1. The lowest BCUT2D eigenvalue weighted by atomic mass is 9.97. The molecule has 4 aromatic carbocycles. The van der Waals surface area contributed by atoms with E-state index in [1.165, 1.54) is 12.1 Å². The molecular formula is C33H24F8O3. The van der Waals surface area contributed by atoms with Crippen molar-refractivity contribution < 1.29 is 49.3 Å². The highest BCUT2D eigenvalue weighted by Crippen LogP contribution is 2.38. The van der Waals surface area contributed by atoms with Crippen molar-refractivity contribution in [2.75, 3.05) is 13.2 Å². The molecule has 44 heavy (non-hydrogen) atoms. The van der Waals surface area contributed by atoms with Crippen LogP contribution in [0.5, 0.6) is 5.75 Å². The summed E-state index contributed by atoms with van der Waals surface area (Å²) >= 11 is 0. The van der Waals surface area contributed by atoms with Gasteiger partial charge in [-0.25, -0.2) is 26.3 Å². The van der Waals surface area contributed by atoms with E-state index >= 15 is 4.39 Å². The molecule has 0 atom stereocenters. The number of benzene rings is 4. The van der Waals surface area contributed by atoms with E-state index in [2.05, 4.69) is 11.3 Å². The fraction of sp³-hybridized carbons (Fsp3) is 0.212. The van der Waals surface area contributed by atoms with Gasteiger partial charge in [0, 0.05) is 29.2 Å². The van der Waals surface area contributed by atoms with Crippen molar-refractivity contribution >= 4 is 0 Å². The minimum absolute atomic E-state index is 0.0966. The maximum absolute atomic E-state index is 15.1. The van der Waals surface area contributed by atoms with Crippen molar-refractivity contribution in [1.82, 2.24) is 0 Å². The van der Waals surface area contributed by atoms with E-state index in [0.717, 1.165) is 24.5 Å². The summed E-state index contributed by atoms with van der Waals surface area (Å²) < 4.78 is 130. The Bertz CT molecular complexity index is 1620. The molecule has 5 rings (SSSR count). The minimum Gasteiger partial charge on any atom is -0.429 e. The van der Waals surface area contributed by atoms with Gasteiger partial charge in [0.25, 0.3) is 0 Å². The number of hydrogen-bond donors (Lipinski definition) is 0. The Balaban J connectivity index is 1.32. The van der Waals surface area contributed by atoms with E-state index in [4.69, 9.17) is 9.47 Å². The zero-order valence-corrected chi connectivity index (χ0v) is 22.9. The van der Waals surface area contributed by atoms with Crippen molar-refractivity contribution in [3.8, 4) is 28.0 Å². The molecule has 0 bridgehead atoms. The molecule has 0 amide bonds. The molecule has 0 N–H and O–H groups in total. The van der Waals surface area contributed by atoms with E-state index in [9.17, 15) is 30.7 Å². The first-order chi connectivity index (χ1) is 21.0. The zero-order valence-electron chi connectivity index (χ0n) is 22.9.